The third-order valence-corrected chi connectivity index (χ3v) is 5.64. The summed E-state index contributed by atoms with van der Waals surface area (Å²) in [7, 11) is 0. The minimum atomic E-state index is -0.452. The maximum absolute atomic E-state index is 12.6. The second-order valence-electron chi connectivity index (χ2n) is 7.04. The van der Waals surface area contributed by atoms with Gasteiger partial charge in [0.25, 0.3) is 5.91 Å². The first-order valence-corrected chi connectivity index (χ1v) is 10.5. The van der Waals surface area contributed by atoms with E-state index in [2.05, 4.69) is 23.9 Å². The highest BCUT2D eigenvalue weighted by molar-refractivity contribution is 8.26. The van der Waals surface area contributed by atoms with Crippen LogP contribution < -0.4 is 0 Å². The highest BCUT2D eigenvalue weighted by atomic mass is 35.5. The van der Waals surface area contributed by atoms with Crippen LogP contribution in [0.2, 0.25) is 10.0 Å². The molecule has 6 nitrogen and oxygen atoms in total. The maximum atomic E-state index is 12.6. The van der Waals surface area contributed by atoms with Gasteiger partial charge in [0.15, 0.2) is 5.84 Å². The van der Waals surface area contributed by atoms with E-state index in [9.17, 15) is 4.79 Å². The molecule has 0 bridgehead atoms. The molecule has 0 fully saturated rings. The number of carbonyl (C=O) groups excluding carboxylic acids is 1. The zero-order valence-electron chi connectivity index (χ0n) is 15.7. The van der Waals surface area contributed by atoms with E-state index in [0.717, 1.165) is 17.2 Å². The maximum Gasteiger partial charge on any atom is 0.283 e. The summed E-state index contributed by atoms with van der Waals surface area (Å²) in [5.41, 5.74) is 1.64. The largest absolute Gasteiger partial charge is 0.317 e. The Bertz CT molecular complexity index is 1100. The fourth-order valence-electron chi connectivity index (χ4n) is 3.04. The third kappa shape index (κ3) is 4.03. The lowest BCUT2D eigenvalue weighted by Crippen LogP contribution is -2.35. The van der Waals surface area contributed by atoms with Gasteiger partial charge in [0.2, 0.25) is 5.17 Å². The Kier molecular flexibility index (Phi) is 5.38. The number of nitrogens with one attached hydrogen (secondary N) is 1. The average Bonchev–Trinajstić information content (AvgIpc) is 3.24. The van der Waals surface area contributed by atoms with Crippen molar-refractivity contribution in [1.29, 1.82) is 5.41 Å². The predicted molar refractivity (Wildman–Crippen MR) is 120 cm³/mol. The Hall–Kier alpha value is -2.35. The molecule has 29 heavy (non-hydrogen) atoms. The summed E-state index contributed by atoms with van der Waals surface area (Å²) in [5.74, 6) is -0.00865. The number of thioether (sulfide) groups is 1. The summed E-state index contributed by atoms with van der Waals surface area (Å²) < 4.78 is 1.84. The number of halogens is 2. The number of hydrazone groups is 1. The average molecular weight is 446 g/mol. The predicted octanol–water partition coefficient (Wildman–Crippen LogP) is 5.45. The van der Waals surface area contributed by atoms with Crippen molar-refractivity contribution in [3.63, 3.8) is 0 Å². The van der Waals surface area contributed by atoms with Crippen LogP contribution in [0, 0.1) is 11.3 Å². The van der Waals surface area contributed by atoms with Crippen LogP contribution in [0.1, 0.15) is 26.0 Å². The lowest BCUT2D eigenvalue weighted by Gasteiger charge is -2.20. The van der Waals surface area contributed by atoms with E-state index < -0.39 is 5.91 Å². The van der Waals surface area contributed by atoms with Gasteiger partial charge >= 0.3 is 0 Å². The molecule has 0 radical (unpaired) electrons. The molecule has 2 aliphatic rings. The molecule has 4 rings (SSSR count). The SMILES string of the molecule is CC(C)CC1=NN2C(=N)/C(=C/c3cccn3-c3cc(Cl)cc(Cl)c3)C(=O)N=C2S1. The van der Waals surface area contributed by atoms with Crippen LogP contribution in [0.5, 0.6) is 0 Å². The van der Waals surface area contributed by atoms with E-state index in [1.54, 1.807) is 24.3 Å². The Labute approximate surface area is 182 Å². The van der Waals surface area contributed by atoms with Crippen LogP contribution in [0.15, 0.2) is 52.2 Å². The van der Waals surface area contributed by atoms with Gasteiger partial charge in [-0.3, -0.25) is 10.2 Å². The van der Waals surface area contributed by atoms with E-state index in [1.807, 2.05) is 22.9 Å². The third-order valence-electron chi connectivity index (χ3n) is 4.28. The van der Waals surface area contributed by atoms with Crippen LogP contribution in [0.4, 0.5) is 0 Å². The number of amides is 1. The monoisotopic (exact) mass is 445 g/mol. The summed E-state index contributed by atoms with van der Waals surface area (Å²) in [6, 6.07) is 8.90. The highest BCUT2D eigenvalue weighted by Crippen LogP contribution is 2.31. The highest BCUT2D eigenvalue weighted by Gasteiger charge is 2.35. The van der Waals surface area contributed by atoms with Crippen LogP contribution in [0.25, 0.3) is 11.8 Å². The first-order valence-electron chi connectivity index (χ1n) is 8.95. The number of nitrogens with zero attached hydrogens (tertiary/aromatic N) is 4. The van der Waals surface area contributed by atoms with Crippen LogP contribution in [-0.4, -0.2) is 31.5 Å². The zero-order valence-corrected chi connectivity index (χ0v) is 18.0. The molecule has 3 heterocycles. The van der Waals surface area contributed by atoms with Gasteiger partial charge in [0, 0.05) is 34.0 Å². The minimum Gasteiger partial charge on any atom is -0.317 e. The number of rotatable bonds is 4. The summed E-state index contributed by atoms with van der Waals surface area (Å²) in [6.45, 7) is 4.19. The van der Waals surface area contributed by atoms with E-state index >= 15 is 0 Å². The zero-order chi connectivity index (χ0) is 20.7. The lowest BCUT2D eigenvalue weighted by molar-refractivity contribution is -0.114. The molecule has 1 aromatic carbocycles. The first kappa shape index (κ1) is 19.9. The molecular formula is C20H17Cl2N5OS. The number of hydrogen-bond donors (Lipinski definition) is 1. The molecular weight excluding hydrogens is 429 g/mol. The fourth-order valence-corrected chi connectivity index (χ4v) is 4.65. The van der Waals surface area contributed by atoms with Crippen molar-refractivity contribution in [2.24, 2.45) is 16.0 Å². The number of aliphatic imine (C=N–C) groups is 1. The van der Waals surface area contributed by atoms with Crippen molar-refractivity contribution in [2.45, 2.75) is 20.3 Å². The molecule has 0 unspecified atom stereocenters. The van der Waals surface area contributed by atoms with Crippen molar-refractivity contribution in [3.8, 4) is 5.69 Å². The molecule has 2 aliphatic heterocycles. The number of carbonyl (C=O) groups is 1. The number of aromatic nitrogens is 1. The Balaban J connectivity index is 1.70. The molecule has 0 aliphatic carbocycles. The number of hydrogen-bond acceptors (Lipinski definition) is 4. The van der Waals surface area contributed by atoms with E-state index in [1.165, 1.54) is 16.8 Å². The molecule has 0 saturated heterocycles. The molecule has 0 atom stereocenters. The molecule has 2 aromatic rings. The standard InChI is InChI=1S/C20H17Cl2N5OS/c1-11(2)6-17-25-27-18(23)16(19(28)24-20(27)29-17)10-14-4-3-5-26(14)15-8-12(21)7-13(22)9-15/h3-5,7-11,23H,6H2,1-2H3/b16-10-,23-18?. The molecule has 1 amide bonds. The van der Waals surface area contributed by atoms with Gasteiger partial charge in [-0.1, -0.05) is 37.0 Å². The Morgan fingerprint density at radius 3 is 2.66 bits per heavy atom. The van der Waals surface area contributed by atoms with Crippen molar-refractivity contribution < 1.29 is 4.79 Å². The molecule has 9 heteroatoms. The lowest BCUT2D eigenvalue weighted by atomic mass is 10.1. The summed E-state index contributed by atoms with van der Waals surface area (Å²) >= 11 is 13.6. The number of amidine groups is 2. The molecule has 0 saturated carbocycles. The molecule has 0 spiro atoms. The van der Waals surface area contributed by atoms with Crippen LogP contribution in [0.3, 0.4) is 0 Å². The number of fused-ring (bicyclic) bond motifs is 1. The summed E-state index contributed by atoms with van der Waals surface area (Å²) in [4.78, 5) is 16.8. The molecule has 148 valence electrons. The second-order valence-corrected chi connectivity index (χ2v) is 8.96. The Morgan fingerprint density at radius 1 is 1.24 bits per heavy atom. The van der Waals surface area contributed by atoms with Gasteiger partial charge in [0.05, 0.1) is 5.57 Å². The van der Waals surface area contributed by atoms with Crippen molar-refractivity contribution >= 4 is 63.0 Å². The van der Waals surface area contributed by atoms with Crippen molar-refractivity contribution in [3.05, 3.63) is 57.8 Å². The normalized spacial score (nSPS) is 17.8. The van der Waals surface area contributed by atoms with E-state index in [-0.39, 0.29) is 11.4 Å². The van der Waals surface area contributed by atoms with Crippen molar-refractivity contribution in [2.75, 3.05) is 0 Å². The summed E-state index contributed by atoms with van der Waals surface area (Å²) in [5, 5.41) is 16.7. The summed E-state index contributed by atoms with van der Waals surface area (Å²) in [6.07, 6.45) is 4.25. The van der Waals surface area contributed by atoms with Crippen molar-refractivity contribution in [1.82, 2.24) is 9.58 Å². The number of benzene rings is 1. The quantitative estimate of drug-likeness (QED) is 0.635. The minimum absolute atomic E-state index is 0.0168. The molecule has 1 N–H and O–H groups in total. The first-order chi connectivity index (χ1) is 13.8. The second kappa shape index (κ2) is 7.82. The van der Waals surface area contributed by atoms with Gasteiger partial charge in [-0.15, -0.1) is 0 Å². The van der Waals surface area contributed by atoms with E-state index in [0.29, 0.717) is 26.8 Å². The topological polar surface area (TPSA) is 73.8 Å². The van der Waals surface area contributed by atoms with E-state index in [4.69, 9.17) is 28.6 Å². The van der Waals surface area contributed by atoms with Gasteiger partial charge < -0.3 is 4.57 Å². The van der Waals surface area contributed by atoms with Gasteiger partial charge in [-0.25, -0.2) is 0 Å². The van der Waals surface area contributed by atoms with Gasteiger partial charge in [0.1, 0.15) is 5.04 Å². The van der Waals surface area contributed by atoms with Gasteiger partial charge in [-0.2, -0.15) is 15.1 Å². The molecule has 1 aromatic heterocycles. The smallest absolute Gasteiger partial charge is 0.283 e. The van der Waals surface area contributed by atoms with Gasteiger partial charge in [-0.05, 0) is 54.1 Å². The Morgan fingerprint density at radius 2 is 1.97 bits per heavy atom. The van der Waals surface area contributed by atoms with Crippen LogP contribution in [-0.2, 0) is 4.79 Å². The van der Waals surface area contributed by atoms with Crippen LogP contribution >= 0.6 is 35.0 Å². The fraction of sp³-hybridized carbons (Fsp3) is 0.200.